The van der Waals surface area contributed by atoms with E-state index >= 15 is 0 Å². The Hall–Kier alpha value is -3.20. The van der Waals surface area contributed by atoms with Crippen LogP contribution in [-0.2, 0) is 0 Å². The molecule has 2 rings (SSSR count). The van der Waals surface area contributed by atoms with E-state index in [-0.39, 0.29) is 0 Å². The first-order valence-corrected chi connectivity index (χ1v) is 6.14. The number of nitrogen functional groups attached to an aromatic ring is 1. The number of anilines is 3. The van der Waals surface area contributed by atoms with Crippen LogP contribution in [0.5, 0.6) is 5.75 Å². The third-order valence-electron chi connectivity index (χ3n) is 2.76. The van der Waals surface area contributed by atoms with Crippen molar-refractivity contribution in [2.45, 2.75) is 0 Å². The standard InChI is InChI=1S/C15H14N4O2/c1-21-12-5-6-13(17)14(8-12)19-15(20)18-11-4-2-3-10(7-11)9-16/h2-8H,17H2,1H3,(H2,18,19,20). The molecule has 4 N–H and O–H groups in total. The second kappa shape index (κ2) is 6.30. The zero-order chi connectivity index (χ0) is 15.2. The van der Waals surface area contributed by atoms with Gasteiger partial charge in [-0.3, -0.25) is 0 Å². The van der Waals surface area contributed by atoms with Gasteiger partial charge in [-0.25, -0.2) is 4.79 Å². The number of benzene rings is 2. The summed E-state index contributed by atoms with van der Waals surface area (Å²) in [6.45, 7) is 0. The SMILES string of the molecule is COc1ccc(N)c(NC(=O)Nc2cccc(C#N)c2)c1. The summed E-state index contributed by atoms with van der Waals surface area (Å²) in [5.74, 6) is 0.589. The molecule has 0 heterocycles. The van der Waals surface area contributed by atoms with Crippen LogP contribution in [0.2, 0.25) is 0 Å². The molecule has 0 radical (unpaired) electrons. The summed E-state index contributed by atoms with van der Waals surface area (Å²) in [4.78, 5) is 11.9. The van der Waals surface area contributed by atoms with Gasteiger partial charge in [0.25, 0.3) is 0 Å². The summed E-state index contributed by atoms with van der Waals surface area (Å²) < 4.78 is 5.08. The van der Waals surface area contributed by atoms with Crippen LogP contribution in [0.15, 0.2) is 42.5 Å². The summed E-state index contributed by atoms with van der Waals surface area (Å²) in [7, 11) is 1.53. The predicted octanol–water partition coefficient (Wildman–Crippen LogP) is 2.79. The topological polar surface area (TPSA) is 100 Å². The highest BCUT2D eigenvalue weighted by atomic mass is 16.5. The fourth-order valence-electron chi connectivity index (χ4n) is 1.72. The molecule has 106 valence electrons. The average molecular weight is 282 g/mol. The molecule has 6 heteroatoms. The van der Waals surface area contributed by atoms with E-state index < -0.39 is 6.03 Å². The van der Waals surface area contributed by atoms with Gasteiger partial charge in [0.05, 0.1) is 30.1 Å². The van der Waals surface area contributed by atoms with Crippen molar-refractivity contribution in [2.75, 3.05) is 23.5 Å². The zero-order valence-corrected chi connectivity index (χ0v) is 11.4. The minimum Gasteiger partial charge on any atom is -0.497 e. The number of rotatable bonds is 3. The van der Waals surface area contributed by atoms with Crippen LogP contribution < -0.4 is 21.1 Å². The van der Waals surface area contributed by atoms with Crippen molar-refractivity contribution in [3.8, 4) is 11.8 Å². The predicted molar refractivity (Wildman–Crippen MR) is 81.2 cm³/mol. The molecule has 21 heavy (non-hydrogen) atoms. The Kier molecular flexibility index (Phi) is 4.26. The fraction of sp³-hybridized carbons (Fsp3) is 0.0667. The van der Waals surface area contributed by atoms with E-state index in [1.54, 1.807) is 42.5 Å². The van der Waals surface area contributed by atoms with Gasteiger partial charge in [-0.1, -0.05) is 6.07 Å². The molecular weight excluding hydrogens is 268 g/mol. The number of nitrogens with zero attached hydrogens (tertiary/aromatic N) is 1. The third kappa shape index (κ3) is 3.64. The number of hydrogen-bond donors (Lipinski definition) is 3. The Morgan fingerprint density at radius 1 is 1.24 bits per heavy atom. The van der Waals surface area contributed by atoms with Crippen molar-refractivity contribution >= 4 is 23.1 Å². The molecular formula is C15H14N4O2. The number of methoxy groups -OCH3 is 1. The molecule has 0 aliphatic rings. The Bertz CT molecular complexity index is 707. The Labute approximate surface area is 122 Å². The lowest BCUT2D eigenvalue weighted by atomic mass is 10.2. The van der Waals surface area contributed by atoms with Crippen LogP contribution >= 0.6 is 0 Å². The number of amides is 2. The maximum Gasteiger partial charge on any atom is 0.323 e. The van der Waals surface area contributed by atoms with Crippen LogP contribution in [0.4, 0.5) is 21.9 Å². The van der Waals surface area contributed by atoms with E-state index in [9.17, 15) is 4.79 Å². The van der Waals surface area contributed by atoms with Gasteiger partial charge in [0.15, 0.2) is 0 Å². The third-order valence-corrected chi connectivity index (χ3v) is 2.76. The molecule has 2 amide bonds. The maximum absolute atomic E-state index is 11.9. The minimum atomic E-state index is -0.454. The molecule has 0 aromatic heterocycles. The van der Waals surface area contributed by atoms with Crippen molar-refractivity contribution < 1.29 is 9.53 Å². The number of hydrogen-bond acceptors (Lipinski definition) is 4. The van der Waals surface area contributed by atoms with E-state index in [1.165, 1.54) is 7.11 Å². The maximum atomic E-state index is 11.9. The van der Waals surface area contributed by atoms with Crippen LogP contribution in [0, 0.1) is 11.3 Å². The lowest BCUT2D eigenvalue weighted by Crippen LogP contribution is -2.20. The Balaban J connectivity index is 2.10. The second-order valence-corrected chi connectivity index (χ2v) is 4.22. The van der Waals surface area contributed by atoms with Gasteiger partial charge < -0.3 is 21.1 Å². The van der Waals surface area contributed by atoms with Gasteiger partial charge in [0, 0.05) is 11.8 Å². The number of nitrogens with two attached hydrogens (primary N) is 1. The van der Waals surface area contributed by atoms with Crippen LogP contribution in [0.25, 0.3) is 0 Å². The Morgan fingerprint density at radius 3 is 2.76 bits per heavy atom. The number of nitriles is 1. The summed E-state index contributed by atoms with van der Waals surface area (Å²) in [6, 6.07) is 13.1. The largest absolute Gasteiger partial charge is 0.497 e. The molecule has 6 nitrogen and oxygen atoms in total. The molecule has 0 atom stereocenters. The summed E-state index contributed by atoms with van der Waals surface area (Å²) in [6.07, 6.45) is 0. The second-order valence-electron chi connectivity index (χ2n) is 4.22. The average Bonchev–Trinajstić information content (AvgIpc) is 2.49. The summed E-state index contributed by atoms with van der Waals surface area (Å²) in [5.41, 5.74) is 7.65. The number of carbonyl (C=O) groups excluding carboxylic acids is 1. The molecule has 0 fully saturated rings. The lowest BCUT2D eigenvalue weighted by Gasteiger charge is -2.11. The van der Waals surface area contributed by atoms with Gasteiger partial charge >= 0.3 is 6.03 Å². The number of nitrogens with one attached hydrogen (secondary N) is 2. The molecule has 0 saturated heterocycles. The summed E-state index contributed by atoms with van der Waals surface area (Å²) in [5, 5.41) is 14.1. The monoisotopic (exact) mass is 282 g/mol. The van der Waals surface area contributed by atoms with Crippen molar-refractivity contribution in [2.24, 2.45) is 0 Å². The van der Waals surface area contributed by atoms with Gasteiger partial charge in [-0.05, 0) is 30.3 Å². The van der Waals surface area contributed by atoms with E-state index in [2.05, 4.69) is 10.6 Å². The number of carbonyl (C=O) groups is 1. The highest BCUT2D eigenvalue weighted by Gasteiger charge is 2.07. The summed E-state index contributed by atoms with van der Waals surface area (Å²) >= 11 is 0. The van der Waals surface area contributed by atoms with E-state index in [0.29, 0.717) is 28.4 Å². The first kappa shape index (κ1) is 14.2. The van der Waals surface area contributed by atoms with Crippen LogP contribution in [0.1, 0.15) is 5.56 Å². The molecule has 2 aromatic rings. The molecule has 0 spiro atoms. The molecule has 0 bridgehead atoms. The normalized spacial score (nSPS) is 9.52. The van der Waals surface area contributed by atoms with Crippen LogP contribution in [-0.4, -0.2) is 13.1 Å². The van der Waals surface area contributed by atoms with Crippen molar-refractivity contribution in [3.63, 3.8) is 0 Å². The highest BCUT2D eigenvalue weighted by molar-refractivity contribution is 6.01. The number of ether oxygens (including phenoxy) is 1. The minimum absolute atomic E-state index is 0.428. The molecule has 0 saturated carbocycles. The first-order valence-electron chi connectivity index (χ1n) is 6.14. The van der Waals surface area contributed by atoms with Crippen molar-refractivity contribution in [1.82, 2.24) is 0 Å². The van der Waals surface area contributed by atoms with E-state index in [1.807, 2.05) is 6.07 Å². The van der Waals surface area contributed by atoms with E-state index in [4.69, 9.17) is 15.7 Å². The van der Waals surface area contributed by atoms with E-state index in [0.717, 1.165) is 0 Å². The van der Waals surface area contributed by atoms with Gasteiger partial charge in [0.2, 0.25) is 0 Å². The van der Waals surface area contributed by atoms with Gasteiger partial charge in [-0.15, -0.1) is 0 Å². The van der Waals surface area contributed by atoms with Crippen molar-refractivity contribution in [1.29, 1.82) is 5.26 Å². The first-order chi connectivity index (χ1) is 10.1. The van der Waals surface area contributed by atoms with Gasteiger partial charge in [0.1, 0.15) is 5.75 Å². The van der Waals surface area contributed by atoms with Crippen LogP contribution in [0.3, 0.4) is 0 Å². The fourth-order valence-corrected chi connectivity index (χ4v) is 1.72. The number of urea groups is 1. The lowest BCUT2D eigenvalue weighted by molar-refractivity contribution is 0.262. The zero-order valence-electron chi connectivity index (χ0n) is 11.4. The van der Waals surface area contributed by atoms with Gasteiger partial charge in [-0.2, -0.15) is 5.26 Å². The molecule has 0 aliphatic carbocycles. The van der Waals surface area contributed by atoms with Crippen molar-refractivity contribution in [3.05, 3.63) is 48.0 Å². The molecule has 0 aliphatic heterocycles. The molecule has 2 aromatic carbocycles. The quantitative estimate of drug-likeness (QED) is 0.753. The highest BCUT2D eigenvalue weighted by Crippen LogP contribution is 2.24. The molecule has 0 unspecified atom stereocenters. The Morgan fingerprint density at radius 2 is 2.05 bits per heavy atom. The smallest absolute Gasteiger partial charge is 0.323 e.